The molecule has 2 aromatic rings. The van der Waals surface area contributed by atoms with Gasteiger partial charge in [0.1, 0.15) is 5.75 Å². The second-order valence-electron chi connectivity index (χ2n) is 4.59. The van der Waals surface area contributed by atoms with Gasteiger partial charge in [0.25, 0.3) is 5.91 Å². The van der Waals surface area contributed by atoms with Crippen LogP contribution in [0.3, 0.4) is 0 Å². The number of hydrogen-bond acceptors (Lipinski definition) is 3. The van der Waals surface area contributed by atoms with Crippen LogP contribution in [0.5, 0.6) is 5.75 Å². The highest BCUT2D eigenvalue weighted by molar-refractivity contribution is 5.93. The van der Waals surface area contributed by atoms with Crippen LogP contribution < -0.4 is 15.4 Å². The van der Waals surface area contributed by atoms with Crippen LogP contribution in [0.25, 0.3) is 0 Å². The van der Waals surface area contributed by atoms with Crippen LogP contribution in [-0.2, 0) is 6.54 Å². The summed E-state index contributed by atoms with van der Waals surface area (Å²) in [6, 6.07) is 15.4. The molecule has 0 fully saturated rings. The molecule has 2 N–H and O–H groups in total. The molecule has 0 aliphatic rings. The van der Waals surface area contributed by atoms with Crippen molar-refractivity contribution in [3.05, 3.63) is 59.7 Å². The van der Waals surface area contributed by atoms with Gasteiger partial charge in [-0.2, -0.15) is 0 Å². The van der Waals surface area contributed by atoms with Crippen molar-refractivity contribution < 1.29 is 9.53 Å². The molecule has 0 aromatic heterocycles. The quantitative estimate of drug-likeness (QED) is 0.857. The lowest BCUT2D eigenvalue weighted by Gasteiger charge is -2.09. The normalized spacial score (nSPS) is 10.0. The SMILES string of the molecule is CCOc1cccc(NCc2ccc(C(=O)NC)cc2)c1. The van der Waals surface area contributed by atoms with E-state index in [1.165, 1.54) is 0 Å². The second kappa shape index (κ2) is 7.33. The molecule has 0 aliphatic heterocycles. The Balaban J connectivity index is 1.96. The van der Waals surface area contributed by atoms with Gasteiger partial charge in [0.05, 0.1) is 6.61 Å². The first-order valence-corrected chi connectivity index (χ1v) is 7.00. The molecule has 21 heavy (non-hydrogen) atoms. The van der Waals surface area contributed by atoms with E-state index in [2.05, 4.69) is 10.6 Å². The van der Waals surface area contributed by atoms with E-state index >= 15 is 0 Å². The number of anilines is 1. The number of ether oxygens (including phenoxy) is 1. The third-order valence-electron chi connectivity index (χ3n) is 3.08. The first-order valence-electron chi connectivity index (χ1n) is 7.00. The predicted molar refractivity (Wildman–Crippen MR) is 84.8 cm³/mol. The van der Waals surface area contributed by atoms with Gasteiger partial charge in [0.2, 0.25) is 0 Å². The average Bonchev–Trinajstić information content (AvgIpc) is 2.53. The van der Waals surface area contributed by atoms with Crippen molar-refractivity contribution in [2.24, 2.45) is 0 Å². The molecular weight excluding hydrogens is 264 g/mol. The molecule has 0 saturated carbocycles. The van der Waals surface area contributed by atoms with Crippen molar-refractivity contribution in [3.8, 4) is 5.75 Å². The maximum Gasteiger partial charge on any atom is 0.251 e. The smallest absolute Gasteiger partial charge is 0.251 e. The topological polar surface area (TPSA) is 50.4 Å². The lowest BCUT2D eigenvalue weighted by molar-refractivity contribution is 0.0963. The molecule has 0 atom stereocenters. The first kappa shape index (κ1) is 14.9. The van der Waals surface area contributed by atoms with Crippen LogP contribution in [0.2, 0.25) is 0 Å². The number of nitrogens with one attached hydrogen (secondary N) is 2. The third kappa shape index (κ3) is 4.24. The Morgan fingerprint density at radius 3 is 2.57 bits per heavy atom. The van der Waals surface area contributed by atoms with Gasteiger partial charge in [-0.25, -0.2) is 0 Å². The number of hydrogen-bond donors (Lipinski definition) is 2. The van der Waals surface area contributed by atoms with Gasteiger partial charge >= 0.3 is 0 Å². The van der Waals surface area contributed by atoms with E-state index in [0.717, 1.165) is 17.0 Å². The fourth-order valence-corrected chi connectivity index (χ4v) is 1.98. The monoisotopic (exact) mass is 284 g/mol. The maximum atomic E-state index is 11.5. The summed E-state index contributed by atoms with van der Waals surface area (Å²) in [7, 11) is 1.63. The van der Waals surface area contributed by atoms with Gasteiger partial charge < -0.3 is 15.4 Å². The van der Waals surface area contributed by atoms with Gasteiger partial charge in [0, 0.05) is 30.9 Å². The molecule has 2 aromatic carbocycles. The van der Waals surface area contributed by atoms with E-state index in [4.69, 9.17) is 4.74 Å². The van der Waals surface area contributed by atoms with Crippen LogP contribution >= 0.6 is 0 Å². The van der Waals surface area contributed by atoms with Crippen molar-refractivity contribution in [3.63, 3.8) is 0 Å². The highest BCUT2D eigenvalue weighted by Gasteiger charge is 2.02. The second-order valence-corrected chi connectivity index (χ2v) is 4.59. The number of rotatable bonds is 6. The van der Waals surface area contributed by atoms with Gasteiger partial charge in [-0.3, -0.25) is 4.79 Å². The Kier molecular flexibility index (Phi) is 5.21. The van der Waals surface area contributed by atoms with Crippen LogP contribution in [0.15, 0.2) is 48.5 Å². The number of carbonyl (C=O) groups excluding carboxylic acids is 1. The minimum Gasteiger partial charge on any atom is -0.494 e. The summed E-state index contributed by atoms with van der Waals surface area (Å²) in [5.74, 6) is 0.788. The minimum atomic E-state index is -0.0704. The largest absolute Gasteiger partial charge is 0.494 e. The molecule has 4 nitrogen and oxygen atoms in total. The fraction of sp³-hybridized carbons (Fsp3) is 0.235. The maximum absolute atomic E-state index is 11.5. The highest BCUT2D eigenvalue weighted by atomic mass is 16.5. The van der Waals surface area contributed by atoms with Crippen LogP contribution in [0.4, 0.5) is 5.69 Å². The number of carbonyl (C=O) groups is 1. The zero-order valence-corrected chi connectivity index (χ0v) is 12.3. The molecular formula is C17H20N2O2. The third-order valence-corrected chi connectivity index (χ3v) is 3.08. The number of amides is 1. The Labute approximate surface area is 125 Å². The van der Waals surface area contributed by atoms with E-state index < -0.39 is 0 Å². The Morgan fingerprint density at radius 2 is 1.90 bits per heavy atom. The Hall–Kier alpha value is -2.49. The molecule has 0 bridgehead atoms. The van der Waals surface area contributed by atoms with E-state index in [0.29, 0.717) is 18.7 Å². The summed E-state index contributed by atoms with van der Waals surface area (Å²) in [4.78, 5) is 11.5. The molecule has 0 saturated heterocycles. The van der Waals surface area contributed by atoms with E-state index in [-0.39, 0.29) is 5.91 Å². The Morgan fingerprint density at radius 1 is 1.14 bits per heavy atom. The summed E-state index contributed by atoms with van der Waals surface area (Å²) < 4.78 is 5.47. The first-order chi connectivity index (χ1) is 10.2. The molecule has 0 radical (unpaired) electrons. The molecule has 1 amide bonds. The van der Waals surface area contributed by atoms with Gasteiger partial charge in [-0.05, 0) is 36.8 Å². The summed E-state index contributed by atoms with van der Waals surface area (Å²) >= 11 is 0. The summed E-state index contributed by atoms with van der Waals surface area (Å²) in [5, 5.41) is 5.95. The lowest BCUT2D eigenvalue weighted by Crippen LogP contribution is -2.17. The van der Waals surface area contributed by atoms with E-state index in [1.54, 1.807) is 7.05 Å². The van der Waals surface area contributed by atoms with Crippen LogP contribution in [0.1, 0.15) is 22.8 Å². The minimum absolute atomic E-state index is 0.0704. The number of benzene rings is 2. The molecule has 0 heterocycles. The van der Waals surface area contributed by atoms with Crippen molar-refractivity contribution in [2.75, 3.05) is 19.0 Å². The molecule has 0 spiro atoms. The molecule has 0 unspecified atom stereocenters. The van der Waals surface area contributed by atoms with Gasteiger partial charge in [-0.1, -0.05) is 18.2 Å². The summed E-state index contributed by atoms with van der Waals surface area (Å²) in [6.45, 7) is 3.32. The summed E-state index contributed by atoms with van der Waals surface area (Å²) in [5.41, 5.74) is 2.79. The van der Waals surface area contributed by atoms with Crippen molar-refractivity contribution >= 4 is 11.6 Å². The van der Waals surface area contributed by atoms with Crippen LogP contribution in [0, 0.1) is 0 Å². The predicted octanol–water partition coefficient (Wildman–Crippen LogP) is 3.06. The molecule has 110 valence electrons. The summed E-state index contributed by atoms with van der Waals surface area (Å²) in [6.07, 6.45) is 0. The van der Waals surface area contributed by atoms with E-state index in [1.807, 2.05) is 55.5 Å². The molecule has 4 heteroatoms. The van der Waals surface area contributed by atoms with Crippen molar-refractivity contribution in [2.45, 2.75) is 13.5 Å². The van der Waals surface area contributed by atoms with Crippen molar-refractivity contribution in [1.29, 1.82) is 0 Å². The molecule has 2 rings (SSSR count). The zero-order chi connectivity index (χ0) is 15.1. The Bertz CT molecular complexity index is 594. The average molecular weight is 284 g/mol. The highest BCUT2D eigenvalue weighted by Crippen LogP contribution is 2.18. The zero-order valence-electron chi connectivity index (χ0n) is 12.3. The van der Waals surface area contributed by atoms with Crippen LogP contribution in [-0.4, -0.2) is 19.6 Å². The fourth-order valence-electron chi connectivity index (χ4n) is 1.98. The van der Waals surface area contributed by atoms with Crippen molar-refractivity contribution in [1.82, 2.24) is 5.32 Å². The van der Waals surface area contributed by atoms with E-state index in [9.17, 15) is 4.79 Å². The lowest BCUT2D eigenvalue weighted by atomic mass is 10.1. The standard InChI is InChI=1S/C17H20N2O2/c1-3-21-16-6-4-5-15(11-16)19-12-13-7-9-14(10-8-13)17(20)18-2/h4-11,19H,3,12H2,1-2H3,(H,18,20). The molecule has 0 aliphatic carbocycles. The van der Waals surface area contributed by atoms with Gasteiger partial charge in [-0.15, -0.1) is 0 Å². The van der Waals surface area contributed by atoms with Gasteiger partial charge in [0.15, 0.2) is 0 Å².